The highest BCUT2D eigenvalue weighted by Crippen LogP contribution is 2.29. The van der Waals surface area contributed by atoms with Crippen LogP contribution < -0.4 is 10.0 Å². The third-order valence-corrected chi connectivity index (χ3v) is 2.87. The van der Waals surface area contributed by atoms with Crippen molar-refractivity contribution in [2.45, 2.75) is 12.8 Å². The molecule has 1 aromatic carbocycles. The molecule has 1 fully saturated rings. The Labute approximate surface area is 85.9 Å². The molecule has 0 amide bonds. The Morgan fingerprint density at radius 1 is 1.50 bits per heavy atom. The van der Waals surface area contributed by atoms with Crippen LogP contribution in [0.15, 0.2) is 18.2 Å². The highest BCUT2D eigenvalue weighted by Gasteiger charge is 2.21. The van der Waals surface area contributed by atoms with Gasteiger partial charge in [0.25, 0.3) is 0 Å². The molecule has 74 valence electrons. The van der Waals surface area contributed by atoms with E-state index in [4.69, 9.17) is 4.74 Å². The second-order valence-electron chi connectivity index (χ2n) is 3.66. The van der Waals surface area contributed by atoms with Gasteiger partial charge >= 0.3 is 0 Å². The smallest absolute Gasteiger partial charge is 0.150 e. The van der Waals surface area contributed by atoms with Crippen molar-refractivity contribution in [2.75, 3.05) is 6.61 Å². The minimum Gasteiger partial charge on any atom is -0.493 e. The number of ether oxygens (including phenoxy) is 1. The van der Waals surface area contributed by atoms with Gasteiger partial charge < -0.3 is 4.74 Å². The Morgan fingerprint density at radius 3 is 2.86 bits per heavy atom. The van der Waals surface area contributed by atoms with E-state index in [1.807, 2.05) is 12.1 Å². The first-order valence-corrected chi connectivity index (χ1v) is 5.35. The summed E-state index contributed by atoms with van der Waals surface area (Å²) in [6, 6.07) is 5.52. The second-order valence-corrected chi connectivity index (χ2v) is 4.28. The largest absolute Gasteiger partial charge is 0.493 e. The fourth-order valence-electron chi connectivity index (χ4n) is 1.25. The highest BCUT2D eigenvalue weighted by atomic mass is 31.0. The Bertz CT molecular complexity index is 345. The Morgan fingerprint density at radius 2 is 2.29 bits per heavy atom. The molecule has 2 rings (SSSR count). The standard InChI is InChI=1S/C11H13O2P/c12-6-9-3-4-10(5-11(9)14)13-7-8-1-2-8/h3-6,8H,1-2,7,14H2. The van der Waals surface area contributed by atoms with Gasteiger partial charge in [0.05, 0.1) is 6.61 Å². The molecule has 1 aliphatic rings. The zero-order valence-corrected chi connectivity index (χ0v) is 9.06. The minimum absolute atomic E-state index is 0.703. The van der Waals surface area contributed by atoms with Crippen molar-refractivity contribution >= 4 is 20.8 Å². The van der Waals surface area contributed by atoms with E-state index < -0.39 is 0 Å². The van der Waals surface area contributed by atoms with Gasteiger partial charge in [-0.2, -0.15) is 0 Å². The van der Waals surface area contributed by atoms with Gasteiger partial charge in [0.15, 0.2) is 6.29 Å². The van der Waals surface area contributed by atoms with E-state index in [1.54, 1.807) is 6.07 Å². The summed E-state index contributed by atoms with van der Waals surface area (Å²) in [5.74, 6) is 1.61. The summed E-state index contributed by atoms with van der Waals surface area (Å²) < 4.78 is 5.58. The van der Waals surface area contributed by atoms with Crippen LogP contribution in [0, 0.1) is 5.92 Å². The summed E-state index contributed by atoms with van der Waals surface area (Å²) in [5, 5.41) is 0.897. The molecule has 0 saturated heterocycles. The maximum atomic E-state index is 10.6. The zero-order chi connectivity index (χ0) is 9.97. The molecule has 14 heavy (non-hydrogen) atoms. The number of carbonyl (C=O) groups excluding carboxylic acids is 1. The number of benzene rings is 1. The lowest BCUT2D eigenvalue weighted by Crippen LogP contribution is -2.04. The van der Waals surface area contributed by atoms with E-state index in [9.17, 15) is 4.79 Å². The molecule has 0 radical (unpaired) electrons. The highest BCUT2D eigenvalue weighted by molar-refractivity contribution is 7.27. The maximum absolute atomic E-state index is 10.6. The molecule has 0 spiro atoms. The average molecular weight is 208 g/mol. The van der Waals surface area contributed by atoms with Crippen molar-refractivity contribution in [3.63, 3.8) is 0 Å². The molecular weight excluding hydrogens is 195 g/mol. The van der Waals surface area contributed by atoms with E-state index in [2.05, 4.69) is 9.24 Å². The number of rotatable bonds is 4. The van der Waals surface area contributed by atoms with Gasteiger partial charge in [-0.25, -0.2) is 0 Å². The molecule has 2 nitrogen and oxygen atoms in total. The van der Waals surface area contributed by atoms with Gasteiger partial charge in [0.1, 0.15) is 5.75 Å². The topological polar surface area (TPSA) is 26.3 Å². The molecule has 0 aliphatic heterocycles. The van der Waals surface area contributed by atoms with E-state index in [-0.39, 0.29) is 0 Å². The lowest BCUT2D eigenvalue weighted by atomic mass is 10.2. The number of hydrogen-bond acceptors (Lipinski definition) is 2. The number of aldehydes is 1. The first-order chi connectivity index (χ1) is 6.79. The third kappa shape index (κ3) is 2.33. The SMILES string of the molecule is O=Cc1ccc(OCC2CC2)cc1P. The molecule has 1 aliphatic carbocycles. The van der Waals surface area contributed by atoms with E-state index in [1.165, 1.54) is 12.8 Å². The van der Waals surface area contributed by atoms with Crippen LogP contribution in [0.2, 0.25) is 0 Å². The van der Waals surface area contributed by atoms with Crippen molar-refractivity contribution in [2.24, 2.45) is 5.92 Å². The Kier molecular flexibility index (Phi) is 2.83. The Hall–Kier alpha value is -0.880. The average Bonchev–Trinajstić information content (AvgIpc) is 2.98. The fourth-order valence-corrected chi connectivity index (χ4v) is 1.58. The zero-order valence-electron chi connectivity index (χ0n) is 7.90. The molecule has 1 atom stereocenters. The third-order valence-electron chi connectivity index (χ3n) is 2.37. The Balaban J connectivity index is 2.02. The second kappa shape index (κ2) is 4.10. The molecule has 3 heteroatoms. The van der Waals surface area contributed by atoms with Crippen molar-refractivity contribution in [3.05, 3.63) is 23.8 Å². The van der Waals surface area contributed by atoms with Crippen LogP contribution in [0.1, 0.15) is 23.2 Å². The van der Waals surface area contributed by atoms with Crippen LogP contribution in [0.5, 0.6) is 5.75 Å². The van der Waals surface area contributed by atoms with Gasteiger partial charge in [0, 0.05) is 5.56 Å². The summed E-state index contributed by atoms with van der Waals surface area (Å²) in [4.78, 5) is 10.6. The van der Waals surface area contributed by atoms with Crippen molar-refractivity contribution in [3.8, 4) is 5.75 Å². The van der Waals surface area contributed by atoms with Crippen molar-refractivity contribution in [1.29, 1.82) is 0 Å². The van der Waals surface area contributed by atoms with Crippen molar-refractivity contribution in [1.82, 2.24) is 0 Å². The molecule has 0 aromatic heterocycles. The van der Waals surface area contributed by atoms with Gasteiger partial charge in [-0.05, 0) is 42.3 Å². The summed E-state index contributed by atoms with van der Waals surface area (Å²) in [5.41, 5.74) is 0.703. The summed E-state index contributed by atoms with van der Waals surface area (Å²) in [6.45, 7) is 0.810. The molecule has 0 bridgehead atoms. The molecule has 1 saturated carbocycles. The van der Waals surface area contributed by atoms with Crippen LogP contribution in [0.4, 0.5) is 0 Å². The van der Waals surface area contributed by atoms with Crippen LogP contribution in [0.3, 0.4) is 0 Å². The monoisotopic (exact) mass is 208 g/mol. The predicted octanol–water partition coefficient (Wildman–Crippen LogP) is 1.79. The van der Waals surface area contributed by atoms with Gasteiger partial charge in [-0.1, -0.05) is 0 Å². The van der Waals surface area contributed by atoms with E-state index in [0.29, 0.717) is 5.56 Å². The molecule has 1 unspecified atom stereocenters. The van der Waals surface area contributed by atoms with E-state index >= 15 is 0 Å². The number of carbonyl (C=O) groups is 1. The lowest BCUT2D eigenvalue weighted by molar-refractivity contribution is 0.112. The quantitative estimate of drug-likeness (QED) is 0.557. The minimum atomic E-state index is 0.703. The number of hydrogen-bond donors (Lipinski definition) is 0. The van der Waals surface area contributed by atoms with Gasteiger partial charge in [-0.3, -0.25) is 4.79 Å². The van der Waals surface area contributed by atoms with Crippen LogP contribution >= 0.6 is 9.24 Å². The molecular formula is C11H13O2P. The lowest BCUT2D eigenvalue weighted by Gasteiger charge is -2.06. The van der Waals surface area contributed by atoms with Crippen LogP contribution in [-0.2, 0) is 0 Å². The summed E-state index contributed by atoms with van der Waals surface area (Å²) in [6.07, 6.45) is 3.44. The van der Waals surface area contributed by atoms with Crippen LogP contribution in [-0.4, -0.2) is 12.9 Å². The predicted molar refractivity (Wildman–Crippen MR) is 59.4 cm³/mol. The van der Waals surface area contributed by atoms with Crippen molar-refractivity contribution < 1.29 is 9.53 Å². The fraction of sp³-hybridized carbons (Fsp3) is 0.364. The first-order valence-electron chi connectivity index (χ1n) is 4.77. The maximum Gasteiger partial charge on any atom is 0.150 e. The normalized spacial score (nSPS) is 15.2. The van der Waals surface area contributed by atoms with Gasteiger partial charge in [-0.15, -0.1) is 9.24 Å². The summed E-state index contributed by atoms with van der Waals surface area (Å²) in [7, 11) is 2.54. The summed E-state index contributed by atoms with van der Waals surface area (Å²) >= 11 is 0. The van der Waals surface area contributed by atoms with Crippen LogP contribution in [0.25, 0.3) is 0 Å². The first kappa shape index (κ1) is 9.67. The molecule has 0 heterocycles. The molecule has 0 N–H and O–H groups in total. The van der Waals surface area contributed by atoms with E-state index in [0.717, 1.165) is 29.9 Å². The molecule has 1 aromatic rings. The van der Waals surface area contributed by atoms with Gasteiger partial charge in [0.2, 0.25) is 0 Å².